The molecule has 2 heteroatoms. The first kappa shape index (κ1) is 10.4. The molecule has 0 amide bonds. The fraction of sp³-hybridized carbons (Fsp3) is 1.00. The third-order valence-corrected chi connectivity index (χ3v) is 4.08. The lowest BCUT2D eigenvalue weighted by molar-refractivity contribution is 0.249. The second-order valence-electron chi connectivity index (χ2n) is 3.66. The zero-order valence-electron chi connectivity index (χ0n) is 7.96. The van der Waals surface area contributed by atoms with E-state index in [9.17, 15) is 0 Å². The van der Waals surface area contributed by atoms with E-state index in [2.05, 4.69) is 18.7 Å². The first-order chi connectivity index (χ1) is 5.88. The van der Waals surface area contributed by atoms with E-state index in [0.29, 0.717) is 6.61 Å². The average molecular weight is 188 g/mol. The normalized spacial score (nSPS) is 26.0. The van der Waals surface area contributed by atoms with E-state index in [1.807, 2.05) is 0 Å². The summed E-state index contributed by atoms with van der Waals surface area (Å²) in [5, 5.41) is 8.75. The smallest absolute Gasteiger partial charge is 0.0431 e. The molecule has 1 nitrogen and oxygen atoms in total. The van der Waals surface area contributed by atoms with E-state index in [4.69, 9.17) is 5.11 Å². The van der Waals surface area contributed by atoms with Crippen molar-refractivity contribution in [2.75, 3.05) is 18.1 Å². The van der Waals surface area contributed by atoms with E-state index in [1.54, 1.807) is 0 Å². The van der Waals surface area contributed by atoms with Gasteiger partial charge in [-0.1, -0.05) is 13.3 Å². The van der Waals surface area contributed by atoms with Gasteiger partial charge in [-0.05, 0) is 42.6 Å². The molecule has 1 aliphatic heterocycles. The molecule has 1 heterocycles. The summed E-state index contributed by atoms with van der Waals surface area (Å²) in [7, 11) is 0. The van der Waals surface area contributed by atoms with Crippen LogP contribution in [0.15, 0.2) is 0 Å². The molecule has 1 aliphatic rings. The number of hydrogen-bond donors (Lipinski definition) is 1. The van der Waals surface area contributed by atoms with Gasteiger partial charge in [-0.25, -0.2) is 0 Å². The fourth-order valence-corrected chi connectivity index (χ4v) is 3.43. The summed E-state index contributed by atoms with van der Waals surface area (Å²) in [5.74, 6) is 4.56. The maximum Gasteiger partial charge on any atom is 0.0431 e. The molecule has 12 heavy (non-hydrogen) atoms. The van der Waals surface area contributed by atoms with E-state index >= 15 is 0 Å². The molecule has 0 spiro atoms. The van der Waals surface area contributed by atoms with E-state index in [1.165, 1.54) is 30.8 Å². The van der Waals surface area contributed by atoms with Crippen LogP contribution in [0.2, 0.25) is 0 Å². The van der Waals surface area contributed by atoms with Gasteiger partial charge < -0.3 is 5.11 Å². The van der Waals surface area contributed by atoms with Gasteiger partial charge in [0.15, 0.2) is 0 Å². The maximum absolute atomic E-state index is 8.75. The fourth-order valence-electron chi connectivity index (χ4n) is 2.05. The minimum Gasteiger partial charge on any atom is -0.396 e. The Balaban J connectivity index is 2.22. The van der Waals surface area contributed by atoms with Crippen molar-refractivity contribution in [3.8, 4) is 0 Å². The molecular weight excluding hydrogens is 168 g/mol. The summed E-state index contributed by atoms with van der Waals surface area (Å²) in [6, 6.07) is 0. The summed E-state index contributed by atoms with van der Waals surface area (Å²) in [6.45, 7) is 2.65. The molecule has 0 aromatic carbocycles. The summed E-state index contributed by atoms with van der Waals surface area (Å²) in [4.78, 5) is 0. The Bertz CT molecular complexity index is 110. The summed E-state index contributed by atoms with van der Waals surface area (Å²) >= 11 is 2.10. The van der Waals surface area contributed by atoms with Crippen LogP contribution < -0.4 is 0 Å². The van der Waals surface area contributed by atoms with Crippen LogP contribution in [0.1, 0.15) is 32.6 Å². The van der Waals surface area contributed by atoms with Crippen LogP contribution >= 0.6 is 11.8 Å². The Labute approximate surface area is 79.9 Å². The van der Waals surface area contributed by atoms with Gasteiger partial charge in [0, 0.05) is 6.61 Å². The van der Waals surface area contributed by atoms with Gasteiger partial charge >= 0.3 is 0 Å². The Hall–Kier alpha value is 0.310. The van der Waals surface area contributed by atoms with Crippen LogP contribution in [0.5, 0.6) is 0 Å². The molecule has 2 atom stereocenters. The van der Waals surface area contributed by atoms with Gasteiger partial charge in [-0.15, -0.1) is 0 Å². The van der Waals surface area contributed by atoms with E-state index < -0.39 is 0 Å². The van der Waals surface area contributed by atoms with Gasteiger partial charge in [0.05, 0.1) is 0 Å². The van der Waals surface area contributed by atoms with Gasteiger partial charge in [0.25, 0.3) is 0 Å². The molecule has 1 rings (SSSR count). The number of aliphatic hydroxyl groups is 1. The summed E-state index contributed by atoms with van der Waals surface area (Å²) in [5.41, 5.74) is 0. The summed E-state index contributed by atoms with van der Waals surface area (Å²) < 4.78 is 0. The quantitative estimate of drug-likeness (QED) is 0.715. The lowest BCUT2D eigenvalue weighted by Gasteiger charge is -2.20. The highest BCUT2D eigenvalue weighted by Gasteiger charge is 2.23. The zero-order chi connectivity index (χ0) is 8.81. The van der Waals surface area contributed by atoms with Crippen molar-refractivity contribution in [1.29, 1.82) is 0 Å². The third-order valence-electron chi connectivity index (χ3n) is 2.89. The van der Waals surface area contributed by atoms with Crippen molar-refractivity contribution >= 4 is 11.8 Å². The van der Waals surface area contributed by atoms with Crippen LogP contribution in [0.25, 0.3) is 0 Å². The first-order valence-corrected chi connectivity index (χ1v) is 6.22. The minimum absolute atomic E-state index is 0.371. The third kappa shape index (κ3) is 2.98. The Kier molecular flexibility index (Phi) is 5.08. The molecule has 72 valence electrons. The molecule has 0 radical (unpaired) electrons. The summed E-state index contributed by atoms with van der Waals surface area (Å²) in [6.07, 6.45) is 4.94. The Morgan fingerprint density at radius 3 is 2.92 bits per heavy atom. The van der Waals surface area contributed by atoms with Gasteiger partial charge in [0.2, 0.25) is 0 Å². The molecular formula is C10H20OS. The predicted octanol–water partition coefficient (Wildman–Crippen LogP) is 2.54. The number of aliphatic hydroxyl groups excluding tert-OH is 1. The number of hydrogen-bond acceptors (Lipinski definition) is 2. The highest BCUT2D eigenvalue weighted by atomic mass is 32.2. The maximum atomic E-state index is 8.75. The van der Waals surface area contributed by atoms with Crippen LogP contribution in [0.3, 0.4) is 0 Å². The molecule has 1 saturated heterocycles. The van der Waals surface area contributed by atoms with Crippen LogP contribution in [0, 0.1) is 11.8 Å². The SMILES string of the molecule is CCC(CCCO)C1CCSC1. The molecule has 0 bridgehead atoms. The van der Waals surface area contributed by atoms with Gasteiger partial charge in [-0.2, -0.15) is 11.8 Å². The van der Waals surface area contributed by atoms with Crippen molar-refractivity contribution in [2.24, 2.45) is 11.8 Å². The van der Waals surface area contributed by atoms with E-state index in [0.717, 1.165) is 18.3 Å². The topological polar surface area (TPSA) is 20.2 Å². The van der Waals surface area contributed by atoms with E-state index in [-0.39, 0.29) is 0 Å². The van der Waals surface area contributed by atoms with Crippen LogP contribution in [-0.4, -0.2) is 23.2 Å². The second-order valence-corrected chi connectivity index (χ2v) is 4.81. The second kappa shape index (κ2) is 5.87. The monoisotopic (exact) mass is 188 g/mol. The average Bonchev–Trinajstić information content (AvgIpc) is 2.59. The first-order valence-electron chi connectivity index (χ1n) is 5.07. The van der Waals surface area contributed by atoms with Crippen molar-refractivity contribution < 1.29 is 5.11 Å². The van der Waals surface area contributed by atoms with Crippen molar-refractivity contribution in [2.45, 2.75) is 32.6 Å². The lowest BCUT2D eigenvalue weighted by Crippen LogP contribution is -2.13. The zero-order valence-corrected chi connectivity index (χ0v) is 8.78. The predicted molar refractivity (Wildman–Crippen MR) is 55.5 cm³/mol. The number of thioether (sulfide) groups is 1. The van der Waals surface area contributed by atoms with Crippen LogP contribution in [0.4, 0.5) is 0 Å². The standard InChI is InChI=1S/C10H20OS/c1-2-9(4-3-6-11)10-5-7-12-8-10/h9-11H,2-8H2,1H3. The lowest BCUT2D eigenvalue weighted by atomic mass is 9.86. The number of rotatable bonds is 5. The highest BCUT2D eigenvalue weighted by molar-refractivity contribution is 7.99. The molecule has 0 aliphatic carbocycles. The largest absolute Gasteiger partial charge is 0.396 e. The Morgan fingerprint density at radius 1 is 1.58 bits per heavy atom. The van der Waals surface area contributed by atoms with Crippen molar-refractivity contribution in [1.82, 2.24) is 0 Å². The molecule has 1 fully saturated rings. The van der Waals surface area contributed by atoms with Gasteiger partial charge in [-0.3, -0.25) is 0 Å². The molecule has 0 aromatic rings. The Morgan fingerprint density at radius 2 is 2.42 bits per heavy atom. The molecule has 2 unspecified atom stereocenters. The van der Waals surface area contributed by atoms with Crippen LogP contribution in [-0.2, 0) is 0 Å². The molecule has 1 N–H and O–H groups in total. The molecule has 0 saturated carbocycles. The highest BCUT2D eigenvalue weighted by Crippen LogP contribution is 2.33. The molecule has 0 aromatic heterocycles. The van der Waals surface area contributed by atoms with Crippen molar-refractivity contribution in [3.05, 3.63) is 0 Å². The van der Waals surface area contributed by atoms with Crippen molar-refractivity contribution in [3.63, 3.8) is 0 Å². The van der Waals surface area contributed by atoms with Gasteiger partial charge in [0.1, 0.15) is 0 Å². The minimum atomic E-state index is 0.371.